The topological polar surface area (TPSA) is 46.2 Å². The van der Waals surface area contributed by atoms with Crippen LogP contribution in [-0.2, 0) is 12.1 Å². The molecular weight excluding hydrogens is 206 g/mol. The summed E-state index contributed by atoms with van der Waals surface area (Å²) in [5, 5.41) is 10.5. The SMILES string of the molecule is NCc1ccc(C2(O)CCSCC2)cc1. The molecule has 0 aliphatic carbocycles. The van der Waals surface area contributed by atoms with Gasteiger partial charge in [-0.1, -0.05) is 24.3 Å². The summed E-state index contributed by atoms with van der Waals surface area (Å²) in [6.45, 7) is 0.564. The first-order chi connectivity index (χ1) is 7.24. The third-order valence-electron chi connectivity index (χ3n) is 3.05. The second-order valence-electron chi connectivity index (χ2n) is 4.05. The molecule has 0 bridgehead atoms. The molecule has 15 heavy (non-hydrogen) atoms. The smallest absolute Gasteiger partial charge is 0.0912 e. The zero-order valence-corrected chi connectivity index (χ0v) is 9.59. The molecule has 1 aromatic carbocycles. The van der Waals surface area contributed by atoms with Crippen LogP contribution in [0.4, 0.5) is 0 Å². The molecule has 0 atom stereocenters. The van der Waals surface area contributed by atoms with Gasteiger partial charge in [0.05, 0.1) is 5.60 Å². The van der Waals surface area contributed by atoms with Gasteiger partial charge in [0.2, 0.25) is 0 Å². The summed E-state index contributed by atoms with van der Waals surface area (Å²) in [5.74, 6) is 2.10. The normalized spacial score (nSPS) is 20.1. The molecule has 0 spiro atoms. The predicted octanol–water partition coefficient (Wildman–Crippen LogP) is 1.86. The molecule has 2 nitrogen and oxygen atoms in total. The van der Waals surface area contributed by atoms with Crippen molar-refractivity contribution in [1.82, 2.24) is 0 Å². The van der Waals surface area contributed by atoms with Gasteiger partial charge in [-0.05, 0) is 35.5 Å². The number of hydrogen-bond donors (Lipinski definition) is 2. The van der Waals surface area contributed by atoms with E-state index in [-0.39, 0.29) is 0 Å². The van der Waals surface area contributed by atoms with Crippen molar-refractivity contribution in [2.45, 2.75) is 25.0 Å². The molecule has 0 saturated carbocycles. The minimum absolute atomic E-state index is 0.564. The van der Waals surface area contributed by atoms with Gasteiger partial charge in [0, 0.05) is 6.54 Å². The third-order valence-corrected chi connectivity index (χ3v) is 4.03. The highest BCUT2D eigenvalue weighted by molar-refractivity contribution is 7.99. The number of hydrogen-bond acceptors (Lipinski definition) is 3. The highest BCUT2D eigenvalue weighted by atomic mass is 32.2. The zero-order valence-electron chi connectivity index (χ0n) is 8.78. The molecule has 3 heteroatoms. The van der Waals surface area contributed by atoms with Crippen molar-refractivity contribution in [3.63, 3.8) is 0 Å². The molecule has 0 amide bonds. The van der Waals surface area contributed by atoms with E-state index in [0.29, 0.717) is 6.54 Å². The summed E-state index contributed by atoms with van der Waals surface area (Å²) < 4.78 is 0. The lowest BCUT2D eigenvalue weighted by atomic mass is 9.88. The van der Waals surface area contributed by atoms with E-state index < -0.39 is 5.60 Å². The molecule has 3 N–H and O–H groups in total. The van der Waals surface area contributed by atoms with Crippen molar-refractivity contribution < 1.29 is 5.11 Å². The van der Waals surface area contributed by atoms with E-state index in [1.165, 1.54) is 0 Å². The van der Waals surface area contributed by atoms with E-state index >= 15 is 0 Å². The largest absolute Gasteiger partial charge is 0.385 e. The molecule has 0 unspecified atom stereocenters. The van der Waals surface area contributed by atoms with Crippen molar-refractivity contribution in [3.8, 4) is 0 Å². The van der Waals surface area contributed by atoms with Crippen molar-refractivity contribution in [2.75, 3.05) is 11.5 Å². The Hall–Kier alpha value is -0.510. The quantitative estimate of drug-likeness (QED) is 0.804. The van der Waals surface area contributed by atoms with Crippen molar-refractivity contribution >= 4 is 11.8 Å². The average molecular weight is 223 g/mol. The predicted molar refractivity (Wildman–Crippen MR) is 64.8 cm³/mol. The minimum atomic E-state index is -0.599. The molecule has 0 radical (unpaired) electrons. The Morgan fingerprint density at radius 2 is 1.80 bits per heavy atom. The maximum Gasteiger partial charge on any atom is 0.0912 e. The van der Waals surface area contributed by atoms with Gasteiger partial charge in [-0.3, -0.25) is 0 Å². The Morgan fingerprint density at radius 1 is 1.20 bits per heavy atom. The lowest BCUT2D eigenvalue weighted by Crippen LogP contribution is -2.30. The van der Waals surface area contributed by atoms with Gasteiger partial charge in [-0.15, -0.1) is 0 Å². The Bertz CT molecular complexity index is 317. The first kappa shape index (κ1) is 11.0. The monoisotopic (exact) mass is 223 g/mol. The van der Waals surface area contributed by atoms with E-state index in [2.05, 4.69) is 0 Å². The Kier molecular flexibility index (Phi) is 3.34. The van der Waals surface area contributed by atoms with Crippen LogP contribution in [0.2, 0.25) is 0 Å². The van der Waals surface area contributed by atoms with E-state index in [1.54, 1.807) is 0 Å². The maximum absolute atomic E-state index is 10.5. The number of rotatable bonds is 2. The maximum atomic E-state index is 10.5. The van der Waals surface area contributed by atoms with Gasteiger partial charge >= 0.3 is 0 Å². The van der Waals surface area contributed by atoms with Gasteiger partial charge in [-0.2, -0.15) is 11.8 Å². The number of aliphatic hydroxyl groups is 1. The Balaban J connectivity index is 2.20. The molecule has 1 aromatic rings. The Labute approximate surface area is 94.9 Å². The minimum Gasteiger partial charge on any atom is -0.385 e. The molecule has 82 valence electrons. The summed E-state index contributed by atoms with van der Waals surface area (Å²) in [6.07, 6.45) is 1.72. The molecule has 1 fully saturated rings. The van der Waals surface area contributed by atoms with Crippen molar-refractivity contribution in [3.05, 3.63) is 35.4 Å². The van der Waals surface area contributed by atoms with Crippen LogP contribution in [0.1, 0.15) is 24.0 Å². The molecule has 1 heterocycles. The van der Waals surface area contributed by atoms with Crippen LogP contribution in [0.3, 0.4) is 0 Å². The molecule has 0 aromatic heterocycles. The van der Waals surface area contributed by atoms with Crippen LogP contribution in [0.15, 0.2) is 24.3 Å². The standard InChI is InChI=1S/C12H17NOS/c13-9-10-1-3-11(4-2-10)12(14)5-7-15-8-6-12/h1-4,14H,5-9,13H2. The van der Waals surface area contributed by atoms with E-state index in [4.69, 9.17) is 5.73 Å². The first-order valence-corrected chi connectivity index (χ1v) is 6.50. The highest BCUT2D eigenvalue weighted by Crippen LogP contribution is 2.35. The second kappa shape index (κ2) is 4.56. The van der Waals surface area contributed by atoms with Crippen LogP contribution in [0, 0.1) is 0 Å². The van der Waals surface area contributed by atoms with E-state index in [9.17, 15) is 5.11 Å². The van der Waals surface area contributed by atoms with E-state index in [1.807, 2.05) is 36.0 Å². The fourth-order valence-electron chi connectivity index (χ4n) is 1.95. The van der Waals surface area contributed by atoms with Gasteiger partial charge in [0.25, 0.3) is 0 Å². The summed E-state index contributed by atoms with van der Waals surface area (Å²) in [4.78, 5) is 0. The Morgan fingerprint density at radius 3 is 2.33 bits per heavy atom. The van der Waals surface area contributed by atoms with Gasteiger partial charge in [-0.25, -0.2) is 0 Å². The van der Waals surface area contributed by atoms with Crippen LogP contribution in [0.25, 0.3) is 0 Å². The third kappa shape index (κ3) is 2.36. The molecule has 1 aliphatic heterocycles. The molecule has 1 aliphatic rings. The highest BCUT2D eigenvalue weighted by Gasteiger charge is 2.31. The van der Waals surface area contributed by atoms with Gasteiger partial charge in [0.15, 0.2) is 0 Å². The summed E-state index contributed by atoms with van der Waals surface area (Å²) in [5.41, 5.74) is 7.11. The summed E-state index contributed by atoms with van der Waals surface area (Å²) >= 11 is 1.92. The van der Waals surface area contributed by atoms with Crippen LogP contribution in [-0.4, -0.2) is 16.6 Å². The zero-order chi connectivity index (χ0) is 10.7. The number of thioether (sulfide) groups is 1. The van der Waals surface area contributed by atoms with Crippen LogP contribution < -0.4 is 5.73 Å². The number of benzene rings is 1. The van der Waals surface area contributed by atoms with E-state index in [0.717, 1.165) is 35.5 Å². The fraction of sp³-hybridized carbons (Fsp3) is 0.500. The van der Waals surface area contributed by atoms with Crippen LogP contribution >= 0.6 is 11.8 Å². The average Bonchev–Trinajstić information content (AvgIpc) is 2.30. The summed E-state index contributed by atoms with van der Waals surface area (Å²) in [7, 11) is 0. The van der Waals surface area contributed by atoms with Crippen molar-refractivity contribution in [2.24, 2.45) is 5.73 Å². The molecule has 1 saturated heterocycles. The summed E-state index contributed by atoms with van der Waals surface area (Å²) in [6, 6.07) is 8.04. The fourth-order valence-corrected chi connectivity index (χ4v) is 3.12. The van der Waals surface area contributed by atoms with Crippen LogP contribution in [0.5, 0.6) is 0 Å². The van der Waals surface area contributed by atoms with Gasteiger partial charge < -0.3 is 10.8 Å². The lowest BCUT2D eigenvalue weighted by molar-refractivity contribution is 0.0281. The molecule has 2 rings (SSSR count). The second-order valence-corrected chi connectivity index (χ2v) is 5.27. The lowest BCUT2D eigenvalue weighted by Gasteiger charge is -2.32. The number of nitrogens with two attached hydrogens (primary N) is 1. The molecular formula is C12H17NOS. The first-order valence-electron chi connectivity index (χ1n) is 5.34. The van der Waals surface area contributed by atoms with Gasteiger partial charge in [0.1, 0.15) is 0 Å². The van der Waals surface area contributed by atoms with Crippen molar-refractivity contribution in [1.29, 1.82) is 0 Å².